The molecule has 2 heterocycles. The minimum atomic E-state index is -0.570. The fourth-order valence-electron chi connectivity index (χ4n) is 2.00. The number of anilines is 1. The summed E-state index contributed by atoms with van der Waals surface area (Å²) in [7, 11) is 2.99. The van der Waals surface area contributed by atoms with Gasteiger partial charge in [0, 0.05) is 0 Å². The van der Waals surface area contributed by atoms with E-state index in [0.717, 1.165) is 19.4 Å². The standard InChI is InChI=1S/C12H18N4O3/c1-12(5-4-6-13-12)10(17)16-11-14-8(18-2)7-9(15-11)19-3/h7,13H,4-6H2,1-3H3,(H,14,15,16,17). The SMILES string of the molecule is COc1cc(OC)nc(NC(=O)C2(C)CCCN2)n1. The first-order valence-corrected chi connectivity index (χ1v) is 6.11. The van der Waals surface area contributed by atoms with Gasteiger partial charge in [0.05, 0.1) is 25.8 Å². The zero-order valence-corrected chi connectivity index (χ0v) is 11.3. The number of methoxy groups -OCH3 is 2. The molecule has 0 aromatic carbocycles. The first-order valence-electron chi connectivity index (χ1n) is 6.11. The van der Waals surface area contributed by atoms with Crippen molar-refractivity contribution in [2.24, 2.45) is 0 Å². The summed E-state index contributed by atoms with van der Waals surface area (Å²) in [5.74, 6) is 0.704. The number of ether oxygens (including phenoxy) is 2. The molecule has 0 spiro atoms. The lowest BCUT2D eigenvalue weighted by Gasteiger charge is -2.22. The lowest BCUT2D eigenvalue weighted by molar-refractivity contribution is -0.121. The Balaban J connectivity index is 2.16. The summed E-state index contributed by atoms with van der Waals surface area (Å²) in [4.78, 5) is 20.3. The van der Waals surface area contributed by atoms with Gasteiger partial charge in [-0.05, 0) is 26.3 Å². The zero-order chi connectivity index (χ0) is 13.9. The summed E-state index contributed by atoms with van der Waals surface area (Å²) in [5.41, 5.74) is -0.570. The highest BCUT2D eigenvalue weighted by molar-refractivity contribution is 5.96. The summed E-state index contributed by atoms with van der Waals surface area (Å²) >= 11 is 0. The summed E-state index contributed by atoms with van der Waals surface area (Å²) in [6.45, 7) is 2.71. The highest BCUT2D eigenvalue weighted by Gasteiger charge is 2.36. The van der Waals surface area contributed by atoms with Crippen molar-refractivity contribution in [2.45, 2.75) is 25.3 Å². The topological polar surface area (TPSA) is 85.4 Å². The summed E-state index contributed by atoms with van der Waals surface area (Å²) in [5, 5.41) is 5.87. The number of aromatic nitrogens is 2. The Kier molecular flexibility index (Phi) is 3.84. The highest BCUT2D eigenvalue weighted by Crippen LogP contribution is 2.22. The Morgan fingerprint density at radius 1 is 1.37 bits per heavy atom. The van der Waals surface area contributed by atoms with Gasteiger partial charge in [-0.25, -0.2) is 0 Å². The number of carbonyl (C=O) groups is 1. The molecule has 1 unspecified atom stereocenters. The molecule has 0 saturated carbocycles. The van der Waals surface area contributed by atoms with Gasteiger partial charge in [0.15, 0.2) is 0 Å². The van der Waals surface area contributed by atoms with E-state index in [9.17, 15) is 4.79 Å². The highest BCUT2D eigenvalue weighted by atomic mass is 16.5. The third-order valence-electron chi connectivity index (χ3n) is 3.19. The number of carbonyl (C=O) groups excluding carboxylic acids is 1. The number of rotatable bonds is 4. The van der Waals surface area contributed by atoms with Crippen molar-refractivity contribution in [2.75, 3.05) is 26.1 Å². The Labute approximate surface area is 111 Å². The van der Waals surface area contributed by atoms with Crippen molar-refractivity contribution in [3.63, 3.8) is 0 Å². The fourth-order valence-corrected chi connectivity index (χ4v) is 2.00. The molecular formula is C12H18N4O3. The van der Waals surface area contributed by atoms with Crippen molar-refractivity contribution in [3.05, 3.63) is 6.07 Å². The van der Waals surface area contributed by atoms with Gasteiger partial charge in [0.2, 0.25) is 23.6 Å². The van der Waals surface area contributed by atoms with Gasteiger partial charge < -0.3 is 14.8 Å². The van der Waals surface area contributed by atoms with Crippen molar-refractivity contribution in [3.8, 4) is 11.8 Å². The number of hydrogen-bond donors (Lipinski definition) is 2. The molecule has 2 rings (SSSR count). The van der Waals surface area contributed by atoms with E-state index < -0.39 is 5.54 Å². The van der Waals surface area contributed by atoms with Gasteiger partial charge in [-0.1, -0.05) is 0 Å². The molecule has 19 heavy (non-hydrogen) atoms. The molecule has 7 nitrogen and oxygen atoms in total. The molecule has 1 fully saturated rings. The third-order valence-corrected chi connectivity index (χ3v) is 3.19. The van der Waals surface area contributed by atoms with Crippen LogP contribution in [-0.4, -0.2) is 42.2 Å². The molecule has 2 N–H and O–H groups in total. The predicted octanol–water partition coefficient (Wildman–Crippen LogP) is 0.574. The first kappa shape index (κ1) is 13.5. The van der Waals surface area contributed by atoms with Crippen LogP contribution in [0.25, 0.3) is 0 Å². The molecule has 1 saturated heterocycles. The van der Waals surface area contributed by atoms with Crippen LogP contribution in [-0.2, 0) is 4.79 Å². The summed E-state index contributed by atoms with van der Waals surface area (Å²) < 4.78 is 10.1. The summed E-state index contributed by atoms with van der Waals surface area (Å²) in [6.07, 6.45) is 1.77. The van der Waals surface area contributed by atoms with E-state index in [-0.39, 0.29) is 11.9 Å². The molecule has 1 amide bonds. The maximum atomic E-state index is 12.2. The Morgan fingerprint density at radius 3 is 2.47 bits per heavy atom. The predicted molar refractivity (Wildman–Crippen MR) is 69.4 cm³/mol. The first-order chi connectivity index (χ1) is 9.07. The minimum Gasteiger partial charge on any atom is -0.481 e. The maximum Gasteiger partial charge on any atom is 0.246 e. The third kappa shape index (κ3) is 2.93. The molecule has 1 atom stereocenters. The van der Waals surface area contributed by atoms with Gasteiger partial charge in [-0.2, -0.15) is 9.97 Å². The van der Waals surface area contributed by atoms with E-state index in [4.69, 9.17) is 9.47 Å². The van der Waals surface area contributed by atoms with Crippen LogP contribution >= 0.6 is 0 Å². The zero-order valence-electron chi connectivity index (χ0n) is 11.3. The monoisotopic (exact) mass is 266 g/mol. The number of hydrogen-bond acceptors (Lipinski definition) is 6. The van der Waals surface area contributed by atoms with Crippen molar-refractivity contribution in [1.29, 1.82) is 0 Å². The van der Waals surface area contributed by atoms with E-state index in [1.807, 2.05) is 6.92 Å². The molecule has 1 aromatic rings. The molecule has 0 aliphatic carbocycles. The molecule has 0 radical (unpaired) electrons. The van der Waals surface area contributed by atoms with Crippen molar-refractivity contribution in [1.82, 2.24) is 15.3 Å². The molecule has 1 aliphatic rings. The van der Waals surface area contributed by atoms with Crippen LogP contribution in [0.1, 0.15) is 19.8 Å². The molecule has 7 heteroatoms. The van der Waals surface area contributed by atoms with Crippen LogP contribution in [0.3, 0.4) is 0 Å². The van der Waals surface area contributed by atoms with Crippen molar-refractivity contribution >= 4 is 11.9 Å². The van der Waals surface area contributed by atoms with Crippen LogP contribution in [0.2, 0.25) is 0 Å². The fraction of sp³-hybridized carbons (Fsp3) is 0.583. The molecule has 104 valence electrons. The number of amides is 1. The van der Waals surface area contributed by atoms with E-state index in [2.05, 4.69) is 20.6 Å². The van der Waals surface area contributed by atoms with Gasteiger partial charge in [0.25, 0.3) is 0 Å². The van der Waals surface area contributed by atoms with Crippen LogP contribution in [0.5, 0.6) is 11.8 Å². The Morgan fingerprint density at radius 2 is 2.00 bits per heavy atom. The number of nitrogens with one attached hydrogen (secondary N) is 2. The average molecular weight is 266 g/mol. The lowest BCUT2D eigenvalue weighted by Crippen LogP contribution is -2.48. The molecular weight excluding hydrogens is 248 g/mol. The van der Waals surface area contributed by atoms with Crippen LogP contribution in [0.15, 0.2) is 6.07 Å². The van der Waals surface area contributed by atoms with E-state index >= 15 is 0 Å². The second kappa shape index (κ2) is 5.40. The normalized spacial score (nSPS) is 22.1. The van der Waals surface area contributed by atoms with E-state index in [1.54, 1.807) is 6.07 Å². The molecule has 1 aliphatic heterocycles. The summed E-state index contributed by atoms with van der Waals surface area (Å²) in [6, 6.07) is 1.55. The van der Waals surface area contributed by atoms with Crippen LogP contribution in [0, 0.1) is 0 Å². The van der Waals surface area contributed by atoms with Crippen LogP contribution in [0.4, 0.5) is 5.95 Å². The quantitative estimate of drug-likeness (QED) is 0.829. The molecule has 0 bridgehead atoms. The Hall–Kier alpha value is -1.89. The van der Waals surface area contributed by atoms with Crippen molar-refractivity contribution < 1.29 is 14.3 Å². The number of nitrogens with zero attached hydrogens (tertiary/aromatic N) is 2. The average Bonchev–Trinajstić information content (AvgIpc) is 2.86. The van der Waals surface area contributed by atoms with E-state index in [0.29, 0.717) is 11.8 Å². The van der Waals surface area contributed by atoms with Crippen LogP contribution < -0.4 is 20.1 Å². The van der Waals surface area contributed by atoms with E-state index in [1.165, 1.54) is 14.2 Å². The maximum absolute atomic E-state index is 12.2. The second-order valence-corrected chi connectivity index (χ2v) is 4.59. The van der Waals surface area contributed by atoms with Gasteiger partial charge in [-0.3, -0.25) is 10.1 Å². The molecule has 1 aromatic heterocycles. The van der Waals surface area contributed by atoms with Gasteiger partial charge in [0.1, 0.15) is 0 Å². The Bertz CT molecular complexity index is 450. The smallest absolute Gasteiger partial charge is 0.246 e. The lowest BCUT2D eigenvalue weighted by atomic mass is 9.99. The van der Waals surface area contributed by atoms with Gasteiger partial charge in [-0.15, -0.1) is 0 Å². The largest absolute Gasteiger partial charge is 0.481 e. The second-order valence-electron chi connectivity index (χ2n) is 4.59. The minimum absolute atomic E-state index is 0.152. The van der Waals surface area contributed by atoms with Gasteiger partial charge >= 0.3 is 0 Å².